The number of hydrogen-bond acceptors (Lipinski definition) is 4. The molecular formula is C14H13ClN4O. The minimum Gasteiger partial charge on any atom is -0.495 e. The van der Waals surface area contributed by atoms with Crippen molar-refractivity contribution < 1.29 is 4.74 Å². The molecule has 0 atom stereocenters. The van der Waals surface area contributed by atoms with Gasteiger partial charge in [0.15, 0.2) is 0 Å². The number of anilines is 3. The number of nitrogens with one attached hydrogen (secondary N) is 2. The number of nitrogens with two attached hydrogens (primary N) is 1. The van der Waals surface area contributed by atoms with Crippen molar-refractivity contribution in [2.45, 2.75) is 0 Å². The van der Waals surface area contributed by atoms with Crippen LogP contribution in [-0.2, 0) is 0 Å². The van der Waals surface area contributed by atoms with Crippen LogP contribution in [0.4, 0.5) is 17.3 Å². The molecule has 2 aromatic carbocycles. The SMILES string of the molecule is COc1ccc(Cl)cc1Nc1nc2cc(N)ccc2[nH]1. The van der Waals surface area contributed by atoms with Gasteiger partial charge in [-0.3, -0.25) is 0 Å². The summed E-state index contributed by atoms with van der Waals surface area (Å²) >= 11 is 6.00. The van der Waals surface area contributed by atoms with E-state index in [2.05, 4.69) is 15.3 Å². The second-order valence-corrected chi connectivity index (χ2v) is 4.77. The molecule has 0 radical (unpaired) electrons. The number of imidazole rings is 1. The molecule has 0 aliphatic rings. The van der Waals surface area contributed by atoms with E-state index >= 15 is 0 Å². The maximum atomic E-state index is 6.00. The van der Waals surface area contributed by atoms with Crippen LogP contribution in [0.3, 0.4) is 0 Å². The highest BCUT2D eigenvalue weighted by Crippen LogP contribution is 2.30. The zero-order valence-corrected chi connectivity index (χ0v) is 11.5. The number of H-pyrrole nitrogens is 1. The molecule has 6 heteroatoms. The first kappa shape index (κ1) is 12.6. The van der Waals surface area contributed by atoms with Gasteiger partial charge >= 0.3 is 0 Å². The molecule has 0 amide bonds. The van der Waals surface area contributed by atoms with E-state index in [0.717, 1.165) is 16.7 Å². The summed E-state index contributed by atoms with van der Waals surface area (Å²) in [6.07, 6.45) is 0. The zero-order valence-electron chi connectivity index (χ0n) is 10.8. The summed E-state index contributed by atoms with van der Waals surface area (Å²) in [7, 11) is 1.60. The van der Waals surface area contributed by atoms with Crippen molar-refractivity contribution in [3.63, 3.8) is 0 Å². The molecule has 20 heavy (non-hydrogen) atoms. The third-order valence-corrected chi connectivity index (χ3v) is 3.16. The van der Waals surface area contributed by atoms with E-state index in [1.54, 1.807) is 25.3 Å². The van der Waals surface area contributed by atoms with Crippen LogP contribution in [0.25, 0.3) is 11.0 Å². The van der Waals surface area contributed by atoms with Gasteiger partial charge in [0.05, 0.1) is 23.8 Å². The largest absolute Gasteiger partial charge is 0.495 e. The molecule has 5 nitrogen and oxygen atoms in total. The number of ether oxygens (including phenoxy) is 1. The predicted octanol–water partition coefficient (Wildman–Crippen LogP) is 3.55. The molecule has 1 aromatic heterocycles. The Balaban J connectivity index is 1.98. The molecule has 0 aliphatic carbocycles. The fourth-order valence-electron chi connectivity index (χ4n) is 1.99. The van der Waals surface area contributed by atoms with Crippen molar-refractivity contribution >= 4 is 40.0 Å². The second kappa shape index (κ2) is 4.94. The van der Waals surface area contributed by atoms with Crippen LogP contribution < -0.4 is 15.8 Å². The number of fused-ring (bicyclic) bond motifs is 1. The van der Waals surface area contributed by atoms with Gasteiger partial charge in [0.1, 0.15) is 5.75 Å². The van der Waals surface area contributed by atoms with Crippen LogP contribution in [0.15, 0.2) is 36.4 Å². The number of methoxy groups -OCH3 is 1. The van der Waals surface area contributed by atoms with Gasteiger partial charge in [0.25, 0.3) is 0 Å². The summed E-state index contributed by atoms with van der Waals surface area (Å²) in [4.78, 5) is 7.59. The lowest BCUT2D eigenvalue weighted by molar-refractivity contribution is 0.417. The molecule has 0 saturated heterocycles. The summed E-state index contributed by atoms with van der Waals surface area (Å²) < 4.78 is 5.28. The van der Waals surface area contributed by atoms with E-state index < -0.39 is 0 Å². The lowest BCUT2D eigenvalue weighted by Gasteiger charge is -2.09. The van der Waals surface area contributed by atoms with Gasteiger partial charge in [-0.2, -0.15) is 0 Å². The lowest BCUT2D eigenvalue weighted by Crippen LogP contribution is -1.95. The maximum absolute atomic E-state index is 6.00. The Morgan fingerprint density at radius 3 is 2.90 bits per heavy atom. The molecule has 3 aromatic rings. The highest BCUT2D eigenvalue weighted by atomic mass is 35.5. The van der Waals surface area contributed by atoms with Gasteiger partial charge < -0.3 is 20.8 Å². The van der Waals surface area contributed by atoms with Gasteiger partial charge in [-0.25, -0.2) is 4.98 Å². The highest BCUT2D eigenvalue weighted by Gasteiger charge is 2.07. The summed E-state index contributed by atoms with van der Waals surface area (Å²) in [5.41, 5.74) is 8.86. The van der Waals surface area contributed by atoms with Crippen molar-refractivity contribution in [3.05, 3.63) is 41.4 Å². The van der Waals surface area contributed by atoms with E-state index in [1.165, 1.54) is 0 Å². The molecule has 0 aliphatic heterocycles. The van der Waals surface area contributed by atoms with Gasteiger partial charge in [-0.15, -0.1) is 0 Å². The summed E-state index contributed by atoms with van der Waals surface area (Å²) in [5, 5.41) is 3.78. The molecule has 4 N–H and O–H groups in total. The molecule has 1 heterocycles. The fraction of sp³-hybridized carbons (Fsp3) is 0.0714. The van der Waals surface area contributed by atoms with Gasteiger partial charge in [-0.05, 0) is 36.4 Å². The van der Waals surface area contributed by atoms with Crippen LogP contribution in [-0.4, -0.2) is 17.1 Å². The Bertz CT molecular complexity index is 769. The molecule has 0 saturated carbocycles. The average molecular weight is 289 g/mol. The van der Waals surface area contributed by atoms with Gasteiger partial charge in [0.2, 0.25) is 5.95 Å². The topological polar surface area (TPSA) is 76.0 Å². The monoisotopic (exact) mass is 288 g/mol. The van der Waals surface area contributed by atoms with E-state index in [9.17, 15) is 0 Å². The summed E-state index contributed by atoms with van der Waals surface area (Å²) in [6.45, 7) is 0. The molecule has 0 fully saturated rings. The van der Waals surface area contributed by atoms with E-state index in [4.69, 9.17) is 22.1 Å². The Kier molecular flexibility index (Phi) is 3.12. The molecule has 0 spiro atoms. The third kappa shape index (κ3) is 2.35. The van der Waals surface area contributed by atoms with E-state index in [1.807, 2.05) is 18.2 Å². The maximum Gasteiger partial charge on any atom is 0.205 e. The number of nitrogen functional groups attached to an aromatic ring is 1. The first-order valence-electron chi connectivity index (χ1n) is 6.01. The Morgan fingerprint density at radius 2 is 2.10 bits per heavy atom. The molecule has 0 unspecified atom stereocenters. The van der Waals surface area contributed by atoms with Crippen molar-refractivity contribution in [1.82, 2.24) is 9.97 Å². The first-order chi connectivity index (χ1) is 9.65. The smallest absolute Gasteiger partial charge is 0.205 e. The minimum absolute atomic E-state index is 0.603. The highest BCUT2D eigenvalue weighted by molar-refractivity contribution is 6.31. The van der Waals surface area contributed by atoms with Crippen LogP contribution in [0.2, 0.25) is 5.02 Å². The number of nitrogens with zero attached hydrogens (tertiary/aromatic N) is 1. The van der Waals surface area contributed by atoms with Crippen molar-refractivity contribution in [1.29, 1.82) is 0 Å². The van der Waals surface area contributed by atoms with Crippen molar-refractivity contribution in [2.24, 2.45) is 0 Å². The molecule has 0 bridgehead atoms. The van der Waals surface area contributed by atoms with Crippen LogP contribution in [0.5, 0.6) is 5.75 Å². The number of aromatic nitrogens is 2. The Labute approximate surface area is 120 Å². The quantitative estimate of drug-likeness (QED) is 0.644. The van der Waals surface area contributed by atoms with Crippen LogP contribution >= 0.6 is 11.6 Å². The molecule has 3 rings (SSSR count). The minimum atomic E-state index is 0.603. The zero-order chi connectivity index (χ0) is 14.1. The van der Waals surface area contributed by atoms with Gasteiger partial charge in [-0.1, -0.05) is 11.6 Å². The molecule has 102 valence electrons. The summed E-state index contributed by atoms with van der Waals surface area (Å²) in [5.74, 6) is 1.29. The van der Waals surface area contributed by atoms with Crippen molar-refractivity contribution in [2.75, 3.05) is 18.2 Å². The number of aromatic amines is 1. The van der Waals surface area contributed by atoms with Crippen LogP contribution in [0, 0.1) is 0 Å². The first-order valence-corrected chi connectivity index (χ1v) is 6.39. The van der Waals surface area contributed by atoms with Crippen molar-refractivity contribution in [3.8, 4) is 5.75 Å². The number of benzene rings is 2. The Morgan fingerprint density at radius 1 is 1.25 bits per heavy atom. The summed E-state index contributed by atoms with van der Waals surface area (Å²) in [6, 6.07) is 10.9. The van der Waals surface area contributed by atoms with Gasteiger partial charge in [0, 0.05) is 10.7 Å². The number of rotatable bonds is 3. The standard InChI is InChI=1S/C14H13ClN4O/c1-20-13-5-2-8(15)6-12(13)19-14-17-10-4-3-9(16)7-11(10)18-14/h2-7H,16H2,1H3,(H2,17,18,19). The number of hydrogen-bond donors (Lipinski definition) is 3. The second-order valence-electron chi connectivity index (χ2n) is 4.33. The fourth-order valence-corrected chi connectivity index (χ4v) is 2.16. The third-order valence-electron chi connectivity index (χ3n) is 2.92. The number of halogens is 1. The average Bonchev–Trinajstić information content (AvgIpc) is 2.80. The van der Waals surface area contributed by atoms with E-state index in [0.29, 0.717) is 22.4 Å². The molecular weight excluding hydrogens is 276 g/mol. The lowest BCUT2D eigenvalue weighted by atomic mass is 10.3. The Hall–Kier alpha value is -2.40. The van der Waals surface area contributed by atoms with E-state index in [-0.39, 0.29) is 0 Å². The van der Waals surface area contributed by atoms with Crippen LogP contribution in [0.1, 0.15) is 0 Å². The predicted molar refractivity (Wildman–Crippen MR) is 81.8 cm³/mol. The normalized spacial score (nSPS) is 10.7.